The van der Waals surface area contributed by atoms with E-state index in [1.54, 1.807) is 14.2 Å². The first kappa shape index (κ1) is 12.7. The van der Waals surface area contributed by atoms with Gasteiger partial charge in [0.15, 0.2) is 6.10 Å². The standard InChI is InChI=1S/C13H18N2O3/c1-14-13(16)12-9-15(7-8-17-2)10-5-3-4-6-11(10)18-12/h3-6,12H,7-9H2,1-2H3,(H,14,16)/t12-/m1/s1. The lowest BCUT2D eigenvalue weighted by atomic mass is 10.2. The van der Waals surface area contributed by atoms with Gasteiger partial charge in [0.1, 0.15) is 5.75 Å². The fourth-order valence-corrected chi connectivity index (χ4v) is 2.02. The van der Waals surface area contributed by atoms with E-state index in [4.69, 9.17) is 9.47 Å². The monoisotopic (exact) mass is 250 g/mol. The highest BCUT2D eigenvalue weighted by Crippen LogP contribution is 2.32. The van der Waals surface area contributed by atoms with Gasteiger partial charge in [-0.2, -0.15) is 0 Å². The molecule has 0 spiro atoms. The highest BCUT2D eigenvalue weighted by Gasteiger charge is 2.29. The van der Waals surface area contributed by atoms with Crippen molar-refractivity contribution in [1.82, 2.24) is 5.32 Å². The van der Waals surface area contributed by atoms with Crippen molar-refractivity contribution >= 4 is 11.6 Å². The molecule has 0 aliphatic carbocycles. The third-order valence-corrected chi connectivity index (χ3v) is 2.97. The van der Waals surface area contributed by atoms with Crippen LogP contribution in [0.4, 0.5) is 5.69 Å². The normalized spacial score (nSPS) is 17.9. The molecule has 1 aromatic rings. The molecule has 1 heterocycles. The van der Waals surface area contributed by atoms with E-state index in [1.807, 2.05) is 24.3 Å². The van der Waals surface area contributed by atoms with Crippen LogP contribution in [0.1, 0.15) is 0 Å². The molecule has 1 atom stereocenters. The Balaban J connectivity index is 2.20. The average molecular weight is 250 g/mol. The minimum absolute atomic E-state index is 0.105. The number of likely N-dealkylation sites (N-methyl/N-ethyl adjacent to an activating group) is 1. The van der Waals surface area contributed by atoms with E-state index >= 15 is 0 Å². The van der Waals surface area contributed by atoms with Gasteiger partial charge in [-0.05, 0) is 12.1 Å². The van der Waals surface area contributed by atoms with Gasteiger partial charge in [0.25, 0.3) is 5.91 Å². The van der Waals surface area contributed by atoms with Crippen LogP contribution >= 0.6 is 0 Å². The highest BCUT2D eigenvalue weighted by atomic mass is 16.5. The van der Waals surface area contributed by atoms with Crippen LogP contribution < -0.4 is 15.0 Å². The number of nitrogens with one attached hydrogen (secondary N) is 1. The molecule has 0 radical (unpaired) electrons. The number of carbonyl (C=O) groups excluding carboxylic acids is 1. The summed E-state index contributed by atoms with van der Waals surface area (Å²) in [6, 6.07) is 7.73. The van der Waals surface area contributed by atoms with Crippen LogP contribution in [0.3, 0.4) is 0 Å². The molecular formula is C13H18N2O3. The van der Waals surface area contributed by atoms with Crippen molar-refractivity contribution in [2.24, 2.45) is 0 Å². The van der Waals surface area contributed by atoms with Gasteiger partial charge in [-0.25, -0.2) is 0 Å². The second kappa shape index (κ2) is 5.73. The Morgan fingerprint density at radius 2 is 2.33 bits per heavy atom. The van der Waals surface area contributed by atoms with Crippen molar-refractivity contribution in [3.63, 3.8) is 0 Å². The molecule has 1 aliphatic rings. The predicted molar refractivity (Wildman–Crippen MR) is 69.0 cm³/mol. The van der Waals surface area contributed by atoms with E-state index in [1.165, 1.54) is 0 Å². The number of hydrogen-bond acceptors (Lipinski definition) is 4. The third kappa shape index (κ3) is 2.56. The second-order valence-electron chi connectivity index (χ2n) is 4.13. The van der Waals surface area contributed by atoms with E-state index in [0.29, 0.717) is 13.2 Å². The van der Waals surface area contributed by atoms with Crippen molar-refractivity contribution in [2.45, 2.75) is 6.10 Å². The second-order valence-corrected chi connectivity index (χ2v) is 4.13. The number of anilines is 1. The van der Waals surface area contributed by atoms with Gasteiger partial charge in [-0.3, -0.25) is 4.79 Å². The largest absolute Gasteiger partial charge is 0.477 e. The summed E-state index contributed by atoms with van der Waals surface area (Å²) in [6.07, 6.45) is -0.471. The number of rotatable bonds is 4. The van der Waals surface area contributed by atoms with E-state index in [0.717, 1.165) is 18.0 Å². The predicted octanol–water partition coefficient (Wildman–Crippen LogP) is 0.646. The number of benzene rings is 1. The van der Waals surface area contributed by atoms with Gasteiger partial charge in [-0.1, -0.05) is 12.1 Å². The lowest BCUT2D eigenvalue weighted by Crippen LogP contribution is -2.48. The molecule has 2 rings (SSSR count). The molecule has 0 aromatic heterocycles. The number of carbonyl (C=O) groups is 1. The first-order chi connectivity index (χ1) is 8.76. The summed E-state index contributed by atoms with van der Waals surface area (Å²) in [5.41, 5.74) is 1.01. The Bertz CT molecular complexity index is 422. The molecule has 5 heteroatoms. The molecule has 0 saturated heterocycles. The van der Waals surface area contributed by atoms with Crippen LogP contribution in [0.2, 0.25) is 0 Å². The highest BCUT2D eigenvalue weighted by molar-refractivity contribution is 5.83. The zero-order chi connectivity index (χ0) is 13.0. The maximum Gasteiger partial charge on any atom is 0.262 e. The average Bonchev–Trinajstić information content (AvgIpc) is 2.43. The van der Waals surface area contributed by atoms with Gasteiger partial charge in [-0.15, -0.1) is 0 Å². The van der Waals surface area contributed by atoms with Crippen molar-refractivity contribution in [1.29, 1.82) is 0 Å². The Morgan fingerprint density at radius 1 is 1.56 bits per heavy atom. The summed E-state index contributed by atoms with van der Waals surface area (Å²) in [7, 11) is 3.29. The van der Waals surface area contributed by atoms with Crippen molar-refractivity contribution in [3.05, 3.63) is 24.3 Å². The van der Waals surface area contributed by atoms with Crippen LogP contribution in [0.5, 0.6) is 5.75 Å². The van der Waals surface area contributed by atoms with Crippen molar-refractivity contribution in [2.75, 3.05) is 38.8 Å². The lowest BCUT2D eigenvalue weighted by Gasteiger charge is -2.35. The molecule has 1 amide bonds. The lowest BCUT2D eigenvalue weighted by molar-refractivity contribution is -0.127. The molecule has 1 aliphatic heterocycles. The first-order valence-electron chi connectivity index (χ1n) is 5.97. The molecule has 0 saturated carbocycles. The number of methoxy groups -OCH3 is 1. The molecule has 1 aromatic carbocycles. The first-order valence-corrected chi connectivity index (χ1v) is 5.97. The van der Waals surface area contributed by atoms with Crippen LogP contribution in [0, 0.1) is 0 Å². The van der Waals surface area contributed by atoms with Crippen molar-refractivity contribution in [3.8, 4) is 5.75 Å². The summed E-state index contributed by atoms with van der Waals surface area (Å²) >= 11 is 0. The van der Waals surface area contributed by atoms with Gasteiger partial charge in [0.2, 0.25) is 0 Å². The number of hydrogen-bond donors (Lipinski definition) is 1. The number of para-hydroxylation sites is 2. The van der Waals surface area contributed by atoms with E-state index in [2.05, 4.69) is 10.2 Å². The van der Waals surface area contributed by atoms with Crippen molar-refractivity contribution < 1.29 is 14.3 Å². The maximum atomic E-state index is 11.7. The maximum absolute atomic E-state index is 11.7. The Labute approximate surface area is 107 Å². The minimum atomic E-state index is -0.471. The van der Waals surface area contributed by atoms with Gasteiger partial charge in [0, 0.05) is 20.7 Å². The molecule has 1 N–H and O–H groups in total. The zero-order valence-corrected chi connectivity index (χ0v) is 10.7. The quantitative estimate of drug-likeness (QED) is 0.852. The molecule has 5 nitrogen and oxygen atoms in total. The summed E-state index contributed by atoms with van der Waals surface area (Å²) in [6.45, 7) is 1.90. The number of amides is 1. The van der Waals surface area contributed by atoms with Gasteiger partial charge >= 0.3 is 0 Å². The molecule has 0 fully saturated rings. The Hall–Kier alpha value is -1.75. The third-order valence-electron chi connectivity index (χ3n) is 2.97. The van der Waals surface area contributed by atoms with E-state index in [9.17, 15) is 4.79 Å². The van der Waals surface area contributed by atoms with Crippen LogP contribution in [0.25, 0.3) is 0 Å². The summed E-state index contributed by atoms with van der Waals surface area (Å²) in [5.74, 6) is 0.639. The number of nitrogens with zero attached hydrogens (tertiary/aromatic N) is 1. The van der Waals surface area contributed by atoms with Gasteiger partial charge in [0.05, 0.1) is 18.8 Å². The smallest absolute Gasteiger partial charge is 0.262 e. The fraction of sp³-hybridized carbons (Fsp3) is 0.462. The molecular weight excluding hydrogens is 232 g/mol. The van der Waals surface area contributed by atoms with Crippen LogP contribution in [-0.2, 0) is 9.53 Å². The fourth-order valence-electron chi connectivity index (χ4n) is 2.02. The summed E-state index contributed by atoms with van der Waals surface area (Å²) in [4.78, 5) is 13.8. The van der Waals surface area contributed by atoms with E-state index in [-0.39, 0.29) is 5.91 Å². The molecule has 0 bridgehead atoms. The minimum Gasteiger partial charge on any atom is -0.477 e. The molecule has 98 valence electrons. The topological polar surface area (TPSA) is 50.8 Å². The molecule has 0 unspecified atom stereocenters. The van der Waals surface area contributed by atoms with E-state index < -0.39 is 6.10 Å². The summed E-state index contributed by atoms with van der Waals surface area (Å²) in [5, 5.41) is 2.62. The number of ether oxygens (including phenoxy) is 2. The Morgan fingerprint density at radius 3 is 3.06 bits per heavy atom. The Kier molecular flexibility index (Phi) is 4.04. The number of fused-ring (bicyclic) bond motifs is 1. The van der Waals surface area contributed by atoms with Crippen LogP contribution in [0.15, 0.2) is 24.3 Å². The zero-order valence-electron chi connectivity index (χ0n) is 10.7. The SMILES string of the molecule is CNC(=O)[C@H]1CN(CCOC)c2ccccc2O1. The molecule has 18 heavy (non-hydrogen) atoms. The van der Waals surface area contributed by atoms with Gasteiger partial charge < -0.3 is 19.7 Å². The summed E-state index contributed by atoms with van der Waals surface area (Å²) < 4.78 is 10.8. The van der Waals surface area contributed by atoms with Crippen LogP contribution in [-0.4, -0.2) is 45.9 Å².